The molecular formula is C20H17F3N4. The molecule has 0 saturated heterocycles. The van der Waals surface area contributed by atoms with Gasteiger partial charge in [0.2, 0.25) is 0 Å². The van der Waals surface area contributed by atoms with E-state index < -0.39 is 23.4 Å². The zero-order chi connectivity index (χ0) is 19.0. The molecule has 27 heavy (non-hydrogen) atoms. The van der Waals surface area contributed by atoms with Crippen molar-refractivity contribution in [2.45, 2.75) is 18.9 Å². The standard InChI is InChI=1S/C20H17F3N4/c21-14-6-11(7-15(22)9-14)16-3-4-25-10-13-5-12(8-17(23)20(13)16)18-1-2-19(24)27-26-18/h1-2,5-9,16,25H,3-4,10H2,(H2,24,27). The van der Waals surface area contributed by atoms with Crippen molar-refractivity contribution in [3.8, 4) is 11.3 Å². The van der Waals surface area contributed by atoms with Gasteiger partial charge in [-0.2, -0.15) is 0 Å². The summed E-state index contributed by atoms with van der Waals surface area (Å²) in [5.41, 5.74) is 8.25. The maximum atomic E-state index is 15.1. The van der Waals surface area contributed by atoms with E-state index in [0.29, 0.717) is 41.9 Å². The summed E-state index contributed by atoms with van der Waals surface area (Å²) in [6.07, 6.45) is 0.536. The van der Waals surface area contributed by atoms with Crippen LogP contribution in [0.2, 0.25) is 0 Å². The van der Waals surface area contributed by atoms with Gasteiger partial charge in [0.1, 0.15) is 23.3 Å². The Morgan fingerprint density at radius 3 is 2.44 bits per heavy atom. The van der Waals surface area contributed by atoms with Crippen molar-refractivity contribution in [2.75, 3.05) is 12.3 Å². The fourth-order valence-corrected chi connectivity index (χ4v) is 3.58. The number of anilines is 1. The molecule has 0 spiro atoms. The maximum absolute atomic E-state index is 15.1. The zero-order valence-electron chi connectivity index (χ0n) is 14.3. The molecule has 2 aromatic carbocycles. The number of nitrogens with zero attached hydrogens (tertiary/aromatic N) is 2. The van der Waals surface area contributed by atoms with Crippen LogP contribution >= 0.6 is 0 Å². The Hall–Kier alpha value is -2.93. The van der Waals surface area contributed by atoms with E-state index in [4.69, 9.17) is 5.73 Å². The molecule has 1 unspecified atom stereocenters. The molecule has 0 saturated carbocycles. The number of nitrogens with one attached hydrogen (secondary N) is 1. The van der Waals surface area contributed by atoms with Crippen LogP contribution in [0.3, 0.4) is 0 Å². The van der Waals surface area contributed by atoms with Gasteiger partial charge < -0.3 is 11.1 Å². The number of hydrogen-bond acceptors (Lipinski definition) is 4. The number of nitrogen functional groups attached to an aromatic ring is 1. The normalized spacial score (nSPS) is 16.6. The molecule has 7 heteroatoms. The van der Waals surface area contributed by atoms with Crippen LogP contribution in [0.1, 0.15) is 29.0 Å². The van der Waals surface area contributed by atoms with Gasteiger partial charge in [-0.3, -0.25) is 0 Å². The Bertz CT molecular complexity index is 969. The van der Waals surface area contributed by atoms with Gasteiger partial charge in [-0.1, -0.05) is 0 Å². The summed E-state index contributed by atoms with van der Waals surface area (Å²) in [5, 5.41) is 11.0. The van der Waals surface area contributed by atoms with Gasteiger partial charge in [0.25, 0.3) is 0 Å². The number of benzene rings is 2. The summed E-state index contributed by atoms with van der Waals surface area (Å²) in [6, 6.07) is 9.84. The number of nitrogens with two attached hydrogens (primary N) is 1. The van der Waals surface area contributed by atoms with Gasteiger partial charge in [-0.05, 0) is 66.1 Å². The second-order valence-electron chi connectivity index (χ2n) is 6.60. The van der Waals surface area contributed by atoms with E-state index in [1.807, 2.05) is 6.07 Å². The van der Waals surface area contributed by atoms with Crippen LogP contribution in [0, 0.1) is 17.5 Å². The Balaban J connectivity index is 1.83. The van der Waals surface area contributed by atoms with E-state index in [2.05, 4.69) is 15.5 Å². The van der Waals surface area contributed by atoms with Gasteiger partial charge in [0.15, 0.2) is 0 Å². The molecule has 0 radical (unpaired) electrons. The SMILES string of the molecule is Nc1ccc(-c2cc(F)c3c(c2)CNCCC3c2cc(F)cc(F)c2)nn1. The van der Waals surface area contributed by atoms with E-state index in [9.17, 15) is 8.78 Å². The fourth-order valence-electron chi connectivity index (χ4n) is 3.58. The number of fused-ring (bicyclic) bond motifs is 1. The lowest BCUT2D eigenvalue weighted by Crippen LogP contribution is -2.12. The van der Waals surface area contributed by atoms with E-state index >= 15 is 4.39 Å². The van der Waals surface area contributed by atoms with Gasteiger partial charge in [-0.25, -0.2) is 13.2 Å². The second-order valence-corrected chi connectivity index (χ2v) is 6.60. The molecule has 0 fully saturated rings. The van der Waals surface area contributed by atoms with Crippen LogP contribution in [-0.4, -0.2) is 16.7 Å². The van der Waals surface area contributed by atoms with Crippen molar-refractivity contribution in [3.63, 3.8) is 0 Å². The smallest absolute Gasteiger partial charge is 0.146 e. The minimum Gasteiger partial charge on any atom is -0.382 e. The Kier molecular flexibility index (Phi) is 4.53. The van der Waals surface area contributed by atoms with Gasteiger partial charge in [-0.15, -0.1) is 10.2 Å². The van der Waals surface area contributed by atoms with Gasteiger partial charge in [0.05, 0.1) is 5.69 Å². The van der Waals surface area contributed by atoms with Crippen molar-refractivity contribution in [1.29, 1.82) is 0 Å². The highest BCUT2D eigenvalue weighted by molar-refractivity contribution is 5.62. The Morgan fingerprint density at radius 1 is 0.963 bits per heavy atom. The summed E-state index contributed by atoms with van der Waals surface area (Å²) in [7, 11) is 0. The van der Waals surface area contributed by atoms with Crippen LogP contribution in [0.15, 0.2) is 42.5 Å². The third-order valence-electron chi connectivity index (χ3n) is 4.76. The molecule has 1 aromatic heterocycles. The first-order valence-electron chi connectivity index (χ1n) is 8.60. The first-order valence-corrected chi connectivity index (χ1v) is 8.60. The van der Waals surface area contributed by atoms with Crippen molar-refractivity contribution in [2.24, 2.45) is 0 Å². The largest absolute Gasteiger partial charge is 0.382 e. The molecule has 4 nitrogen and oxygen atoms in total. The third-order valence-corrected chi connectivity index (χ3v) is 4.76. The highest BCUT2D eigenvalue weighted by Gasteiger charge is 2.25. The van der Waals surface area contributed by atoms with E-state index in [0.717, 1.165) is 11.6 Å². The fraction of sp³-hybridized carbons (Fsp3) is 0.200. The van der Waals surface area contributed by atoms with E-state index in [-0.39, 0.29) is 5.82 Å². The van der Waals surface area contributed by atoms with Crippen molar-refractivity contribution >= 4 is 5.82 Å². The molecule has 0 amide bonds. The lowest BCUT2D eigenvalue weighted by molar-refractivity contribution is 0.563. The predicted molar refractivity (Wildman–Crippen MR) is 96.4 cm³/mol. The van der Waals surface area contributed by atoms with Gasteiger partial charge >= 0.3 is 0 Å². The molecule has 138 valence electrons. The maximum Gasteiger partial charge on any atom is 0.146 e. The molecule has 1 atom stereocenters. The first kappa shape index (κ1) is 17.5. The number of hydrogen-bond donors (Lipinski definition) is 2. The third kappa shape index (κ3) is 3.50. The van der Waals surface area contributed by atoms with Crippen LogP contribution in [0.25, 0.3) is 11.3 Å². The monoisotopic (exact) mass is 370 g/mol. The van der Waals surface area contributed by atoms with Crippen LogP contribution in [0.5, 0.6) is 0 Å². The summed E-state index contributed by atoms with van der Waals surface area (Å²) in [4.78, 5) is 0. The van der Waals surface area contributed by atoms with E-state index in [1.165, 1.54) is 18.2 Å². The van der Waals surface area contributed by atoms with Crippen molar-refractivity contribution in [1.82, 2.24) is 15.5 Å². The minimum atomic E-state index is -0.669. The molecule has 3 N–H and O–H groups in total. The van der Waals surface area contributed by atoms with Crippen LogP contribution in [0.4, 0.5) is 19.0 Å². The summed E-state index contributed by atoms with van der Waals surface area (Å²) >= 11 is 0. The lowest BCUT2D eigenvalue weighted by atomic mass is 9.85. The quantitative estimate of drug-likeness (QED) is 0.721. The average Bonchev–Trinajstić information content (AvgIpc) is 2.84. The highest BCUT2D eigenvalue weighted by Crippen LogP contribution is 2.36. The average molecular weight is 370 g/mol. The highest BCUT2D eigenvalue weighted by atomic mass is 19.1. The number of halogens is 3. The molecule has 0 bridgehead atoms. The van der Waals surface area contributed by atoms with Gasteiger partial charge in [0, 0.05) is 24.1 Å². The molecule has 1 aliphatic heterocycles. The molecule has 1 aliphatic rings. The number of rotatable bonds is 2. The Morgan fingerprint density at radius 2 is 1.74 bits per heavy atom. The van der Waals surface area contributed by atoms with Crippen molar-refractivity contribution in [3.05, 3.63) is 76.6 Å². The van der Waals surface area contributed by atoms with E-state index in [1.54, 1.807) is 12.1 Å². The van der Waals surface area contributed by atoms with Crippen LogP contribution in [-0.2, 0) is 6.54 Å². The molecule has 2 heterocycles. The first-order chi connectivity index (χ1) is 13.0. The molecular weight excluding hydrogens is 353 g/mol. The Labute approximate surface area is 154 Å². The predicted octanol–water partition coefficient (Wildman–Crippen LogP) is 3.77. The molecule has 4 rings (SSSR count). The van der Waals surface area contributed by atoms with Crippen molar-refractivity contribution < 1.29 is 13.2 Å². The summed E-state index contributed by atoms with van der Waals surface area (Å²) < 4.78 is 42.5. The number of aromatic nitrogens is 2. The molecule has 3 aromatic rings. The second kappa shape index (κ2) is 7.00. The molecule has 0 aliphatic carbocycles. The van der Waals surface area contributed by atoms with Crippen LogP contribution < -0.4 is 11.1 Å². The minimum absolute atomic E-state index is 0.281. The summed E-state index contributed by atoms with van der Waals surface area (Å²) in [6.45, 7) is 1.06. The zero-order valence-corrected chi connectivity index (χ0v) is 14.3. The topological polar surface area (TPSA) is 63.8 Å². The summed E-state index contributed by atoms with van der Waals surface area (Å²) in [5.74, 6) is -1.93. The lowest BCUT2D eigenvalue weighted by Gasteiger charge is -2.20.